The number of hydrogen-bond donors (Lipinski definition) is 0. The topological polar surface area (TPSA) is 94.1 Å². The van der Waals surface area contributed by atoms with E-state index in [1.165, 1.54) is 154 Å². The zero-order valence-electron chi connectivity index (χ0n) is 36.2. The first-order chi connectivity index (χ1) is 25.5. The predicted octanol–water partition coefficient (Wildman–Crippen LogP) is 12.5. The third-order valence-corrected chi connectivity index (χ3v) is 11.4. The minimum atomic E-state index is -4.50. The van der Waals surface area contributed by atoms with Gasteiger partial charge in [-0.15, -0.1) is 0 Å². The molecule has 0 aliphatic carbocycles. The quantitative estimate of drug-likeness (QED) is 0.0264. The highest BCUT2D eigenvalue weighted by molar-refractivity contribution is 7.45. The van der Waals surface area contributed by atoms with Gasteiger partial charge in [-0.25, -0.2) is 0 Å². The molecule has 0 aromatic rings. The van der Waals surface area contributed by atoms with Crippen LogP contribution in [-0.4, -0.2) is 70.7 Å². The first-order valence-corrected chi connectivity index (χ1v) is 24.2. The lowest BCUT2D eigenvalue weighted by molar-refractivity contribution is -0.870. The molecule has 3 atom stereocenters. The third-order valence-electron chi connectivity index (χ3n) is 10.4. The van der Waals surface area contributed by atoms with Crippen molar-refractivity contribution in [1.82, 2.24) is 0 Å². The molecular weight excluding hydrogens is 685 g/mol. The van der Waals surface area contributed by atoms with Gasteiger partial charge in [0.25, 0.3) is 7.82 Å². The summed E-state index contributed by atoms with van der Waals surface area (Å²) in [7, 11) is 1.41. The maximum atomic E-state index is 13.0. The molecule has 0 bridgehead atoms. The summed E-state index contributed by atoms with van der Waals surface area (Å²) in [4.78, 5) is 25.5. The maximum Gasteiger partial charge on any atom is 0.309 e. The molecule has 2 unspecified atom stereocenters. The van der Waals surface area contributed by atoms with E-state index in [1.807, 2.05) is 28.1 Å². The van der Waals surface area contributed by atoms with E-state index < -0.39 is 13.9 Å². The smallest absolute Gasteiger partial charge is 0.309 e. The molecule has 0 fully saturated rings. The fraction of sp³-hybridized carbons (Fsp3) is 0.977. The van der Waals surface area contributed by atoms with Crippen molar-refractivity contribution in [3.63, 3.8) is 0 Å². The van der Waals surface area contributed by atoms with E-state index in [2.05, 4.69) is 13.8 Å². The molecule has 0 aromatic heterocycles. The summed E-state index contributed by atoms with van der Waals surface area (Å²) in [6.45, 7) is 7.37. The summed E-state index contributed by atoms with van der Waals surface area (Å²) in [5.41, 5.74) is 0. The fourth-order valence-electron chi connectivity index (χ4n) is 6.70. The number of nitrogens with zero attached hydrogens (tertiary/aromatic N) is 1. The number of carbonyl (C=O) groups excluding carboxylic acids is 1. The number of quaternary nitrogens is 1. The molecule has 0 amide bonds. The van der Waals surface area contributed by atoms with E-state index in [1.54, 1.807) is 0 Å². The number of unbranched alkanes of at least 4 members (excludes halogenated alkanes) is 26. The van der Waals surface area contributed by atoms with E-state index in [-0.39, 0.29) is 31.7 Å². The van der Waals surface area contributed by atoms with Crippen LogP contribution in [0.3, 0.4) is 0 Å². The van der Waals surface area contributed by atoms with Gasteiger partial charge in [-0.1, -0.05) is 194 Å². The van der Waals surface area contributed by atoms with Crippen LogP contribution in [0.2, 0.25) is 0 Å². The average molecular weight is 776 g/mol. The standard InChI is InChI=1S/C44H90NO7P/c1-7-10-12-14-16-18-20-22-23-25-27-29-31-33-35-38-49-43(41-52-53(47,48)51-39-37-45(4,5)6)40-50-44(46)42(9-3)36-34-32-30-28-26-24-21-19-17-15-13-11-8-2/h42-43H,7-41H2,1-6H3/t42?,43-/m1/s1. The molecule has 0 rings (SSSR count). The van der Waals surface area contributed by atoms with Crippen molar-refractivity contribution in [1.29, 1.82) is 0 Å². The summed E-state index contributed by atoms with van der Waals surface area (Å²) < 4.78 is 35.1. The van der Waals surface area contributed by atoms with E-state index in [0.717, 1.165) is 38.5 Å². The van der Waals surface area contributed by atoms with Crippen molar-refractivity contribution in [3.8, 4) is 0 Å². The Morgan fingerprint density at radius 1 is 0.547 bits per heavy atom. The van der Waals surface area contributed by atoms with Gasteiger partial charge in [-0.3, -0.25) is 9.36 Å². The highest BCUT2D eigenvalue weighted by Gasteiger charge is 2.22. The van der Waals surface area contributed by atoms with E-state index in [4.69, 9.17) is 18.5 Å². The van der Waals surface area contributed by atoms with E-state index >= 15 is 0 Å². The van der Waals surface area contributed by atoms with Crippen molar-refractivity contribution in [2.24, 2.45) is 5.92 Å². The van der Waals surface area contributed by atoms with E-state index in [0.29, 0.717) is 17.6 Å². The summed E-state index contributed by atoms with van der Waals surface area (Å²) in [5, 5.41) is 0. The monoisotopic (exact) mass is 776 g/mol. The Labute approximate surface area is 329 Å². The molecule has 0 aliphatic heterocycles. The molecule has 0 heterocycles. The molecule has 0 aromatic carbocycles. The second kappa shape index (κ2) is 37.1. The van der Waals surface area contributed by atoms with Gasteiger partial charge in [-0.2, -0.15) is 0 Å². The van der Waals surface area contributed by atoms with Gasteiger partial charge in [0.05, 0.1) is 33.7 Å². The Bertz CT molecular complexity index is 837. The number of esters is 1. The van der Waals surface area contributed by atoms with Gasteiger partial charge in [-0.05, 0) is 19.3 Å². The average Bonchev–Trinajstić information content (AvgIpc) is 3.11. The van der Waals surface area contributed by atoms with Crippen molar-refractivity contribution in [2.45, 2.75) is 219 Å². The number of rotatable bonds is 42. The van der Waals surface area contributed by atoms with Crippen LogP contribution in [0.15, 0.2) is 0 Å². The zero-order valence-corrected chi connectivity index (χ0v) is 37.1. The first kappa shape index (κ1) is 52.5. The van der Waals surface area contributed by atoms with Crippen LogP contribution in [0.25, 0.3) is 0 Å². The van der Waals surface area contributed by atoms with Crippen molar-refractivity contribution < 1.29 is 37.3 Å². The number of phosphoric acid groups is 1. The van der Waals surface area contributed by atoms with Crippen LogP contribution in [0.4, 0.5) is 0 Å². The van der Waals surface area contributed by atoms with Gasteiger partial charge >= 0.3 is 5.97 Å². The fourth-order valence-corrected chi connectivity index (χ4v) is 7.42. The lowest BCUT2D eigenvalue weighted by Gasteiger charge is -2.28. The van der Waals surface area contributed by atoms with Gasteiger partial charge < -0.3 is 27.9 Å². The van der Waals surface area contributed by atoms with Crippen LogP contribution in [0.1, 0.15) is 213 Å². The van der Waals surface area contributed by atoms with Gasteiger partial charge in [0.15, 0.2) is 0 Å². The molecule has 0 saturated heterocycles. The molecule has 0 aliphatic rings. The van der Waals surface area contributed by atoms with Crippen LogP contribution >= 0.6 is 7.82 Å². The largest absolute Gasteiger partial charge is 0.756 e. The number of hydrogen-bond acceptors (Lipinski definition) is 7. The molecule has 8 nitrogen and oxygen atoms in total. The Morgan fingerprint density at radius 3 is 1.34 bits per heavy atom. The predicted molar refractivity (Wildman–Crippen MR) is 222 cm³/mol. The van der Waals surface area contributed by atoms with Gasteiger partial charge in [0.2, 0.25) is 0 Å². The SMILES string of the molecule is CCCCCCCCCCCCCCCCCO[C@H](COC(=O)C(CC)CCCCCCCCCCCCCCC)COP(=O)([O-])OCC[N+](C)(C)C. The minimum Gasteiger partial charge on any atom is -0.756 e. The first-order valence-electron chi connectivity index (χ1n) is 22.7. The molecule has 0 radical (unpaired) electrons. The molecule has 0 spiro atoms. The van der Waals surface area contributed by atoms with Crippen molar-refractivity contribution in [3.05, 3.63) is 0 Å². The molecular formula is C44H90NO7P. The summed E-state index contributed by atoms with van der Waals surface area (Å²) in [6.07, 6.45) is 37.2. The number of ether oxygens (including phenoxy) is 2. The van der Waals surface area contributed by atoms with Crippen molar-refractivity contribution in [2.75, 3.05) is 54.1 Å². The van der Waals surface area contributed by atoms with E-state index in [9.17, 15) is 14.3 Å². The number of likely N-dealkylation sites (N-methyl/N-ethyl adjacent to an activating group) is 1. The summed E-state index contributed by atoms with van der Waals surface area (Å²) in [5.74, 6) is -0.374. The van der Waals surface area contributed by atoms with Crippen LogP contribution in [0, 0.1) is 5.92 Å². The Balaban J connectivity index is 4.42. The molecule has 318 valence electrons. The lowest BCUT2D eigenvalue weighted by Crippen LogP contribution is -2.37. The lowest BCUT2D eigenvalue weighted by atomic mass is 9.97. The third kappa shape index (κ3) is 38.2. The van der Waals surface area contributed by atoms with Crippen LogP contribution < -0.4 is 4.89 Å². The van der Waals surface area contributed by atoms with Gasteiger partial charge in [0.1, 0.15) is 25.9 Å². The summed E-state index contributed by atoms with van der Waals surface area (Å²) in [6, 6.07) is 0. The number of phosphoric ester groups is 1. The molecule has 0 N–H and O–H groups in total. The number of carbonyl (C=O) groups is 1. The van der Waals surface area contributed by atoms with Crippen LogP contribution in [0.5, 0.6) is 0 Å². The molecule has 0 saturated carbocycles. The Morgan fingerprint density at radius 2 is 0.943 bits per heavy atom. The van der Waals surface area contributed by atoms with Crippen molar-refractivity contribution >= 4 is 13.8 Å². The molecule has 53 heavy (non-hydrogen) atoms. The normalized spacial score (nSPS) is 14.3. The second-order valence-electron chi connectivity index (χ2n) is 16.8. The van der Waals surface area contributed by atoms with Gasteiger partial charge in [0, 0.05) is 6.61 Å². The molecule has 9 heteroatoms. The Kier molecular flexibility index (Phi) is 36.7. The minimum absolute atomic E-state index is 0.0223. The zero-order chi connectivity index (χ0) is 39.3. The van der Waals surface area contributed by atoms with Crippen LogP contribution in [-0.2, 0) is 27.9 Å². The highest BCUT2D eigenvalue weighted by Crippen LogP contribution is 2.38. The summed E-state index contributed by atoms with van der Waals surface area (Å²) >= 11 is 0. The highest BCUT2D eigenvalue weighted by atomic mass is 31.2. The Hall–Kier alpha value is -0.500. The maximum absolute atomic E-state index is 13.0. The second-order valence-corrected chi connectivity index (χ2v) is 18.2.